The van der Waals surface area contributed by atoms with E-state index >= 15 is 0 Å². The summed E-state index contributed by atoms with van der Waals surface area (Å²) in [5, 5.41) is 4.67. The monoisotopic (exact) mass is 274 g/mol. The van der Waals surface area contributed by atoms with Gasteiger partial charge in [0, 0.05) is 17.8 Å². The normalized spacial score (nSPS) is 10.9. The Hall–Kier alpha value is -1.19. The SMILES string of the molecule is CCCNCc1sc(Cc2cccc(C)c2)nc1C. The van der Waals surface area contributed by atoms with Crippen LogP contribution < -0.4 is 5.32 Å². The highest BCUT2D eigenvalue weighted by Crippen LogP contribution is 2.21. The zero-order valence-corrected chi connectivity index (χ0v) is 12.8. The van der Waals surface area contributed by atoms with Gasteiger partial charge in [-0.1, -0.05) is 36.8 Å². The topological polar surface area (TPSA) is 24.9 Å². The van der Waals surface area contributed by atoms with E-state index in [0.29, 0.717) is 0 Å². The van der Waals surface area contributed by atoms with Crippen LogP contribution in [0.1, 0.15) is 40.1 Å². The number of aryl methyl sites for hydroxylation is 2. The molecular weight excluding hydrogens is 252 g/mol. The van der Waals surface area contributed by atoms with Crippen molar-refractivity contribution >= 4 is 11.3 Å². The molecule has 0 aliphatic carbocycles. The lowest BCUT2D eigenvalue weighted by Crippen LogP contribution is -2.13. The number of nitrogens with one attached hydrogen (secondary N) is 1. The van der Waals surface area contributed by atoms with Gasteiger partial charge in [0.15, 0.2) is 0 Å². The number of rotatable bonds is 6. The Morgan fingerprint density at radius 3 is 2.84 bits per heavy atom. The van der Waals surface area contributed by atoms with Crippen molar-refractivity contribution in [3.05, 3.63) is 51.0 Å². The number of thiazole rings is 1. The molecule has 1 heterocycles. The van der Waals surface area contributed by atoms with E-state index in [9.17, 15) is 0 Å². The molecule has 0 saturated carbocycles. The van der Waals surface area contributed by atoms with Gasteiger partial charge in [-0.3, -0.25) is 0 Å². The zero-order chi connectivity index (χ0) is 13.7. The van der Waals surface area contributed by atoms with Crippen LogP contribution in [0.2, 0.25) is 0 Å². The van der Waals surface area contributed by atoms with Gasteiger partial charge in [-0.25, -0.2) is 4.98 Å². The molecule has 0 saturated heterocycles. The van der Waals surface area contributed by atoms with Crippen molar-refractivity contribution in [3.63, 3.8) is 0 Å². The minimum Gasteiger partial charge on any atom is -0.312 e. The van der Waals surface area contributed by atoms with E-state index in [2.05, 4.69) is 50.4 Å². The van der Waals surface area contributed by atoms with Gasteiger partial charge in [0.05, 0.1) is 10.7 Å². The first-order valence-electron chi connectivity index (χ1n) is 6.90. The molecule has 1 aromatic carbocycles. The van der Waals surface area contributed by atoms with E-state index in [1.807, 2.05) is 11.3 Å². The maximum Gasteiger partial charge on any atom is 0.0975 e. The summed E-state index contributed by atoms with van der Waals surface area (Å²) in [6.45, 7) is 8.46. The Morgan fingerprint density at radius 2 is 2.11 bits per heavy atom. The third-order valence-corrected chi connectivity index (χ3v) is 4.24. The molecule has 0 bridgehead atoms. The van der Waals surface area contributed by atoms with Crippen LogP contribution in [-0.2, 0) is 13.0 Å². The third-order valence-electron chi connectivity index (χ3n) is 3.09. The largest absolute Gasteiger partial charge is 0.312 e. The maximum absolute atomic E-state index is 4.69. The predicted octanol–water partition coefficient (Wildman–Crippen LogP) is 3.85. The van der Waals surface area contributed by atoms with Crippen molar-refractivity contribution in [2.24, 2.45) is 0 Å². The van der Waals surface area contributed by atoms with E-state index in [1.165, 1.54) is 33.1 Å². The molecule has 0 fully saturated rings. The van der Waals surface area contributed by atoms with Crippen LogP contribution in [0.5, 0.6) is 0 Å². The summed E-state index contributed by atoms with van der Waals surface area (Å²) in [5.74, 6) is 0. The molecule has 0 aliphatic heterocycles. The lowest BCUT2D eigenvalue weighted by Gasteiger charge is -2.00. The molecule has 1 aromatic heterocycles. The summed E-state index contributed by atoms with van der Waals surface area (Å²) in [4.78, 5) is 6.06. The maximum atomic E-state index is 4.69. The van der Waals surface area contributed by atoms with Crippen LogP contribution in [0.25, 0.3) is 0 Å². The van der Waals surface area contributed by atoms with Gasteiger partial charge in [0.25, 0.3) is 0 Å². The van der Waals surface area contributed by atoms with Gasteiger partial charge in [0.1, 0.15) is 0 Å². The van der Waals surface area contributed by atoms with E-state index in [4.69, 9.17) is 4.98 Å². The highest BCUT2D eigenvalue weighted by molar-refractivity contribution is 7.11. The molecule has 19 heavy (non-hydrogen) atoms. The Bertz CT molecular complexity index is 531. The summed E-state index contributed by atoms with van der Waals surface area (Å²) in [6, 6.07) is 8.68. The van der Waals surface area contributed by atoms with E-state index in [1.54, 1.807) is 0 Å². The van der Waals surface area contributed by atoms with Crippen molar-refractivity contribution in [2.75, 3.05) is 6.54 Å². The van der Waals surface area contributed by atoms with E-state index in [-0.39, 0.29) is 0 Å². The van der Waals surface area contributed by atoms with Gasteiger partial charge in [-0.2, -0.15) is 0 Å². The van der Waals surface area contributed by atoms with Gasteiger partial charge in [-0.05, 0) is 32.4 Å². The van der Waals surface area contributed by atoms with Crippen LogP contribution in [0.4, 0.5) is 0 Å². The quantitative estimate of drug-likeness (QED) is 0.809. The number of hydrogen-bond acceptors (Lipinski definition) is 3. The van der Waals surface area contributed by atoms with Crippen molar-refractivity contribution in [2.45, 2.75) is 40.2 Å². The lowest BCUT2D eigenvalue weighted by atomic mass is 10.1. The van der Waals surface area contributed by atoms with E-state index < -0.39 is 0 Å². The van der Waals surface area contributed by atoms with Crippen molar-refractivity contribution in [1.82, 2.24) is 10.3 Å². The standard InChI is InChI=1S/C16H22N2S/c1-4-8-17-11-15-13(3)18-16(19-15)10-14-7-5-6-12(2)9-14/h5-7,9,17H,4,8,10-11H2,1-3H3. The lowest BCUT2D eigenvalue weighted by molar-refractivity contribution is 0.678. The second kappa shape index (κ2) is 6.83. The number of nitrogens with zero attached hydrogens (tertiary/aromatic N) is 1. The average Bonchev–Trinajstić information content (AvgIpc) is 2.70. The van der Waals surface area contributed by atoms with Crippen molar-refractivity contribution in [3.8, 4) is 0 Å². The highest BCUT2D eigenvalue weighted by atomic mass is 32.1. The minimum atomic E-state index is 0.945. The molecule has 2 rings (SSSR count). The molecule has 0 radical (unpaired) electrons. The Labute approximate surface area is 119 Å². The minimum absolute atomic E-state index is 0.945. The summed E-state index contributed by atoms with van der Waals surface area (Å²) in [7, 11) is 0. The molecule has 0 unspecified atom stereocenters. The predicted molar refractivity (Wildman–Crippen MR) is 82.8 cm³/mol. The molecule has 2 nitrogen and oxygen atoms in total. The zero-order valence-electron chi connectivity index (χ0n) is 12.0. The van der Waals surface area contributed by atoms with Crippen LogP contribution in [0.3, 0.4) is 0 Å². The summed E-state index contributed by atoms with van der Waals surface area (Å²) < 4.78 is 0. The Balaban J connectivity index is 2.03. The Morgan fingerprint density at radius 1 is 1.26 bits per heavy atom. The van der Waals surface area contributed by atoms with Gasteiger partial charge in [-0.15, -0.1) is 11.3 Å². The number of hydrogen-bond donors (Lipinski definition) is 1. The van der Waals surface area contributed by atoms with Crippen LogP contribution in [-0.4, -0.2) is 11.5 Å². The fourth-order valence-electron chi connectivity index (χ4n) is 2.10. The fourth-order valence-corrected chi connectivity index (χ4v) is 3.18. The van der Waals surface area contributed by atoms with Gasteiger partial charge in [0.2, 0.25) is 0 Å². The van der Waals surface area contributed by atoms with Crippen LogP contribution >= 0.6 is 11.3 Å². The van der Waals surface area contributed by atoms with Gasteiger partial charge < -0.3 is 5.32 Å². The molecule has 2 aromatic rings. The molecule has 0 atom stereocenters. The third kappa shape index (κ3) is 4.15. The van der Waals surface area contributed by atoms with E-state index in [0.717, 1.165) is 19.5 Å². The Kier molecular flexibility index (Phi) is 5.11. The molecule has 102 valence electrons. The average molecular weight is 274 g/mol. The molecule has 0 amide bonds. The first-order valence-corrected chi connectivity index (χ1v) is 7.72. The number of benzene rings is 1. The van der Waals surface area contributed by atoms with Crippen LogP contribution in [0.15, 0.2) is 24.3 Å². The first-order chi connectivity index (χ1) is 9.19. The summed E-state index contributed by atoms with van der Waals surface area (Å²) in [5.41, 5.74) is 3.84. The van der Waals surface area contributed by atoms with Gasteiger partial charge >= 0.3 is 0 Å². The number of aromatic nitrogens is 1. The van der Waals surface area contributed by atoms with Crippen molar-refractivity contribution in [1.29, 1.82) is 0 Å². The fraction of sp³-hybridized carbons (Fsp3) is 0.438. The molecule has 0 aliphatic rings. The summed E-state index contributed by atoms with van der Waals surface area (Å²) >= 11 is 1.84. The van der Waals surface area contributed by atoms with Crippen molar-refractivity contribution < 1.29 is 0 Å². The first kappa shape index (κ1) is 14.2. The molecule has 1 N–H and O–H groups in total. The van der Waals surface area contributed by atoms with Crippen LogP contribution in [0, 0.1) is 13.8 Å². The highest BCUT2D eigenvalue weighted by Gasteiger charge is 2.07. The smallest absolute Gasteiger partial charge is 0.0975 e. The summed E-state index contributed by atoms with van der Waals surface area (Å²) in [6.07, 6.45) is 2.12. The second-order valence-electron chi connectivity index (χ2n) is 4.96. The molecule has 0 spiro atoms. The molecule has 3 heteroatoms. The molecular formula is C16H22N2S. The second-order valence-corrected chi connectivity index (χ2v) is 6.13.